The maximum atomic E-state index is 6.22. The molecular weight excluding hydrogens is 385 g/mol. The molecular formula is C15H18Cl2N5S2+. The van der Waals surface area contributed by atoms with Crippen molar-refractivity contribution in [2.75, 3.05) is 0 Å². The fourth-order valence-electron chi connectivity index (χ4n) is 2.25. The predicted molar refractivity (Wildman–Crippen MR) is 99.8 cm³/mol. The predicted octanol–water partition coefficient (Wildman–Crippen LogP) is 4.11. The first-order valence-electron chi connectivity index (χ1n) is 7.62. The van der Waals surface area contributed by atoms with Gasteiger partial charge in [-0.1, -0.05) is 66.2 Å². The molecule has 0 saturated heterocycles. The van der Waals surface area contributed by atoms with Crippen LogP contribution in [0.2, 0.25) is 10.0 Å². The zero-order valence-corrected chi connectivity index (χ0v) is 16.5. The second kappa shape index (κ2) is 7.58. The van der Waals surface area contributed by atoms with Crippen molar-refractivity contribution in [2.45, 2.75) is 36.4 Å². The average molecular weight is 403 g/mol. The van der Waals surface area contributed by atoms with Gasteiger partial charge in [-0.3, -0.25) is 0 Å². The third kappa shape index (κ3) is 3.55. The summed E-state index contributed by atoms with van der Waals surface area (Å²) in [4.78, 5) is 0.787. The van der Waals surface area contributed by atoms with Gasteiger partial charge >= 0.3 is 0 Å². The van der Waals surface area contributed by atoms with Crippen LogP contribution in [0.1, 0.15) is 37.7 Å². The van der Waals surface area contributed by atoms with Gasteiger partial charge in [-0.25, -0.2) is 0 Å². The van der Waals surface area contributed by atoms with Gasteiger partial charge in [0.1, 0.15) is 6.04 Å². The van der Waals surface area contributed by atoms with Crippen molar-refractivity contribution in [3.05, 3.63) is 39.6 Å². The van der Waals surface area contributed by atoms with Crippen molar-refractivity contribution < 1.29 is 5.73 Å². The minimum Gasteiger partial charge on any atom is -0.348 e. The van der Waals surface area contributed by atoms with Crippen molar-refractivity contribution in [1.29, 1.82) is 0 Å². The molecule has 9 heteroatoms. The molecule has 24 heavy (non-hydrogen) atoms. The molecule has 0 bridgehead atoms. The molecule has 2 heterocycles. The molecule has 0 saturated carbocycles. The van der Waals surface area contributed by atoms with Crippen LogP contribution in [-0.4, -0.2) is 19.8 Å². The highest BCUT2D eigenvalue weighted by molar-refractivity contribution is 8.00. The van der Waals surface area contributed by atoms with E-state index in [0.29, 0.717) is 21.7 Å². The molecule has 2 atom stereocenters. The van der Waals surface area contributed by atoms with E-state index in [0.717, 1.165) is 27.1 Å². The topological polar surface area (TPSA) is 70.7 Å². The van der Waals surface area contributed by atoms with Crippen LogP contribution in [0, 0.1) is 5.92 Å². The Balaban J connectivity index is 1.81. The maximum absolute atomic E-state index is 6.22. The van der Waals surface area contributed by atoms with Crippen molar-refractivity contribution in [3.8, 4) is 0 Å². The summed E-state index contributed by atoms with van der Waals surface area (Å²) < 4.78 is 2.72. The first-order valence-corrected chi connectivity index (χ1v) is 10.2. The van der Waals surface area contributed by atoms with Crippen LogP contribution in [0.4, 0.5) is 0 Å². The van der Waals surface area contributed by atoms with Gasteiger partial charge in [0.15, 0.2) is 4.34 Å². The van der Waals surface area contributed by atoms with Crippen molar-refractivity contribution in [2.24, 2.45) is 5.92 Å². The van der Waals surface area contributed by atoms with E-state index in [1.165, 1.54) is 11.3 Å². The van der Waals surface area contributed by atoms with Crippen LogP contribution in [0.5, 0.6) is 0 Å². The summed E-state index contributed by atoms with van der Waals surface area (Å²) in [7, 11) is 0. The number of rotatable bonds is 6. The lowest BCUT2D eigenvalue weighted by molar-refractivity contribution is -0.441. The molecule has 128 valence electrons. The van der Waals surface area contributed by atoms with Gasteiger partial charge in [0, 0.05) is 21.7 Å². The molecule has 0 amide bonds. The fraction of sp³-hybridized carbons (Fsp3) is 0.400. The van der Waals surface area contributed by atoms with E-state index in [9.17, 15) is 0 Å². The second-order valence-corrected chi connectivity index (χ2v) is 8.59. The van der Waals surface area contributed by atoms with Crippen molar-refractivity contribution >= 4 is 51.3 Å². The average Bonchev–Trinajstić information content (AvgIpc) is 3.13. The second-order valence-electron chi connectivity index (χ2n) is 5.60. The van der Waals surface area contributed by atoms with Gasteiger partial charge in [-0.15, -0.1) is 15.3 Å². The number of benzene rings is 1. The zero-order chi connectivity index (χ0) is 17.3. The zero-order valence-electron chi connectivity index (χ0n) is 13.4. The largest absolute Gasteiger partial charge is 0.348 e. The molecule has 0 aliphatic heterocycles. The monoisotopic (exact) mass is 402 g/mol. The van der Waals surface area contributed by atoms with Gasteiger partial charge < -0.3 is 5.73 Å². The number of quaternary nitrogens is 1. The molecule has 3 N–H and O–H groups in total. The standard InChI is InChI=1S/C15H17Cl2N5S2/c1-3-8(2)12(18)13-19-20-14-22(13)21-15(24-14)23-7-9-10(16)5-4-6-11(9)17/h4-6,8,12H,3,7,18H2,1-2H3/p+1/t8-,12-/m0/s1. The molecule has 0 radical (unpaired) electrons. The molecule has 1 aromatic carbocycles. The van der Waals surface area contributed by atoms with E-state index in [-0.39, 0.29) is 6.04 Å². The third-order valence-corrected chi connectivity index (χ3v) is 6.83. The van der Waals surface area contributed by atoms with Crippen molar-refractivity contribution in [3.63, 3.8) is 0 Å². The summed E-state index contributed by atoms with van der Waals surface area (Å²) in [5, 5.41) is 14.5. The number of thioether (sulfide) groups is 1. The lowest BCUT2D eigenvalue weighted by atomic mass is 10.00. The number of aromatic nitrogens is 4. The minimum atomic E-state index is 0.0722. The molecule has 5 nitrogen and oxygen atoms in total. The molecule has 0 aliphatic rings. The number of hydrogen-bond donors (Lipinski definition) is 1. The van der Waals surface area contributed by atoms with Crippen LogP contribution in [0.15, 0.2) is 22.5 Å². The van der Waals surface area contributed by atoms with Crippen LogP contribution >= 0.6 is 46.3 Å². The van der Waals surface area contributed by atoms with Gasteiger partial charge in [0.05, 0.1) is 0 Å². The van der Waals surface area contributed by atoms with Crippen LogP contribution in [-0.2, 0) is 5.75 Å². The van der Waals surface area contributed by atoms with E-state index in [2.05, 4.69) is 34.9 Å². The quantitative estimate of drug-likeness (QED) is 0.629. The van der Waals surface area contributed by atoms with E-state index in [1.54, 1.807) is 11.8 Å². The Kier molecular flexibility index (Phi) is 5.66. The van der Waals surface area contributed by atoms with E-state index < -0.39 is 0 Å². The van der Waals surface area contributed by atoms with E-state index in [4.69, 9.17) is 23.2 Å². The first kappa shape index (κ1) is 17.9. The first-order chi connectivity index (χ1) is 11.5. The van der Waals surface area contributed by atoms with Gasteiger partial charge in [0.25, 0.3) is 0 Å². The number of nitrogens with zero attached hydrogens (tertiary/aromatic N) is 4. The SMILES string of the molecule is CC[C@H](C)[C@H]([NH3+])c1nnc2sc(SCc3c(Cl)cccc3Cl)nn12. The smallest absolute Gasteiger partial charge is 0.235 e. The highest BCUT2D eigenvalue weighted by Crippen LogP contribution is 2.33. The summed E-state index contributed by atoms with van der Waals surface area (Å²) in [6.07, 6.45) is 1.04. The Morgan fingerprint density at radius 2 is 2.00 bits per heavy atom. The van der Waals surface area contributed by atoms with E-state index in [1.807, 2.05) is 22.7 Å². The summed E-state index contributed by atoms with van der Waals surface area (Å²) in [6, 6.07) is 5.61. The molecule has 0 unspecified atom stereocenters. The Labute approximate surface area is 158 Å². The van der Waals surface area contributed by atoms with Crippen molar-refractivity contribution in [1.82, 2.24) is 19.8 Å². The Morgan fingerprint density at radius 1 is 1.29 bits per heavy atom. The maximum Gasteiger partial charge on any atom is 0.235 e. The highest BCUT2D eigenvalue weighted by Gasteiger charge is 2.25. The van der Waals surface area contributed by atoms with Crippen LogP contribution in [0.3, 0.4) is 0 Å². The minimum absolute atomic E-state index is 0.0722. The lowest BCUT2D eigenvalue weighted by Crippen LogP contribution is -2.57. The molecule has 0 spiro atoms. The molecule has 3 aromatic rings. The third-order valence-electron chi connectivity index (χ3n) is 4.06. The van der Waals surface area contributed by atoms with Crippen LogP contribution < -0.4 is 5.73 Å². The van der Waals surface area contributed by atoms with Gasteiger partial charge in [0.2, 0.25) is 10.8 Å². The highest BCUT2D eigenvalue weighted by atomic mass is 35.5. The van der Waals surface area contributed by atoms with Gasteiger partial charge in [-0.05, 0) is 24.1 Å². The number of hydrogen-bond acceptors (Lipinski definition) is 5. The summed E-state index contributed by atoms with van der Waals surface area (Å²) in [5.74, 6) is 1.91. The molecule has 0 fully saturated rings. The molecule has 3 rings (SSSR count). The normalized spacial score (nSPS) is 14.2. The van der Waals surface area contributed by atoms with E-state index >= 15 is 0 Å². The molecule has 2 aromatic heterocycles. The summed E-state index contributed by atoms with van der Waals surface area (Å²) in [5.41, 5.74) is 5.15. The number of fused-ring (bicyclic) bond motifs is 1. The lowest BCUT2D eigenvalue weighted by Gasteiger charge is -2.11. The van der Waals surface area contributed by atoms with Crippen LogP contribution in [0.25, 0.3) is 4.96 Å². The number of halogens is 2. The summed E-state index contributed by atoms with van der Waals surface area (Å²) in [6.45, 7) is 4.32. The Hall–Kier alpha value is -0.860. The summed E-state index contributed by atoms with van der Waals surface area (Å²) >= 11 is 15.5. The molecule has 0 aliphatic carbocycles. The Bertz CT molecular complexity index is 827. The van der Waals surface area contributed by atoms with Gasteiger partial charge in [-0.2, -0.15) is 4.52 Å². The Morgan fingerprint density at radius 3 is 2.67 bits per heavy atom. The fourth-order valence-corrected chi connectivity index (χ4v) is 4.87.